The highest BCUT2D eigenvalue weighted by atomic mass is 32.2. The summed E-state index contributed by atoms with van der Waals surface area (Å²) in [6, 6.07) is 13.9. The largest absolute Gasteiger partial charge is 0.485 e. The highest BCUT2D eigenvalue weighted by Crippen LogP contribution is 2.18. The molecule has 0 saturated carbocycles. The molecule has 0 fully saturated rings. The normalized spacial score (nSPS) is 10.1. The Labute approximate surface area is 127 Å². The van der Waals surface area contributed by atoms with Crippen molar-refractivity contribution in [2.45, 2.75) is 4.90 Å². The van der Waals surface area contributed by atoms with E-state index in [2.05, 4.69) is 0 Å². The number of amides is 1. The Kier molecular flexibility index (Phi) is 5.00. The molecule has 21 heavy (non-hydrogen) atoms. The van der Waals surface area contributed by atoms with E-state index in [1.165, 1.54) is 0 Å². The molecule has 0 heterocycles. The first-order valence-electron chi connectivity index (χ1n) is 6.30. The lowest BCUT2D eigenvalue weighted by atomic mass is 10.1. The van der Waals surface area contributed by atoms with Gasteiger partial charge in [-0.05, 0) is 30.5 Å². The van der Waals surface area contributed by atoms with Crippen molar-refractivity contribution >= 4 is 23.5 Å². The Balaban J connectivity index is 2.05. The van der Waals surface area contributed by atoms with Crippen LogP contribution in [0.5, 0.6) is 5.75 Å². The third kappa shape index (κ3) is 3.86. The third-order valence-electron chi connectivity index (χ3n) is 2.92. The average Bonchev–Trinajstić information content (AvgIpc) is 2.52. The molecule has 0 radical (unpaired) electrons. The van der Waals surface area contributed by atoms with Crippen molar-refractivity contribution in [2.75, 3.05) is 12.9 Å². The van der Waals surface area contributed by atoms with Crippen molar-refractivity contribution in [3.8, 4) is 5.75 Å². The molecule has 0 bridgehead atoms. The zero-order valence-corrected chi connectivity index (χ0v) is 12.4. The molecule has 108 valence electrons. The summed E-state index contributed by atoms with van der Waals surface area (Å²) >= 11 is 1.61. The summed E-state index contributed by atoms with van der Waals surface area (Å²) in [6.07, 6.45) is 1.97. The molecule has 4 nitrogen and oxygen atoms in total. The van der Waals surface area contributed by atoms with Crippen molar-refractivity contribution < 1.29 is 14.3 Å². The van der Waals surface area contributed by atoms with E-state index in [1.807, 2.05) is 18.4 Å². The number of rotatable bonds is 6. The summed E-state index contributed by atoms with van der Waals surface area (Å²) < 4.78 is 5.42. The fourth-order valence-corrected chi connectivity index (χ4v) is 2.21. The maximum absolute atomic E-state index is 12.1. The van der Waals surface area contributed by atoms with Crippen molar-refractivity contribution in [1.82, 2.24) is 0 Å². The summed E-state index contributed by atoms with van der Waals surface area (Å²) in [5.41, 5.74) is 6.10. The summed E-state index contributed by atoms with van der Waals surface area (Å²) in [7, 11) is 0. The number of thioether (sulfide) groups is 1. The Hall–Kier alpha value is -2.27. The van der Waals surface area contributed by atoms with E-state index >= 15 is 0 Å². The Bertz CT molecular complexity index is 653. The quantitative estimate of drug-likeness (QED) is 0.658. The Morgan fingerprint density at radius 1 is 1.10 bits per heavy atom. The van der Waals surface area contributed by atoms with Gasteiger partial charge in [0.15, 0.2) is 12.4 Å². The van der Waals surface area contributed by atoms with Crippen LogP contribution in [-0.4, -0.2) is 24.6 Å². The van der Waals surface area contributed by atoms with Crippen molar-refractivity contribution in [3.05, 3.63) is 59.7 Å². The van der Waals surface area contributed by atoms with Gasteiger partial charge in [0.1, 0.15) is 5.75 Å². The minimum Gasteiger partial charge on any atom is -0.485 e. The number of nitrogens with two attached hydrogens (primary N) is 1. The van der Waals surface area contributed by atoms with Gasteiger partial charge in [-0.15, -0.1) is 11.8 Å². The summed E-state index contributed by atoms with van der Waals surface area (Å²) in [5.74, 6) is -0.414. The first-order chi connectivity index (χ1) is 10.1. The van der Waals surface area contributed by atoms with E-state index in [0.717, 1.165) is 4.90 Å². The molecule has 2 rings (SSSR count). The smallest absolute Gasteiger partial charge is 0.252 e. The van der Waals surface area contributed by atoms with Gasteiger partial charge in [-0.25, -0.2) is 0 Å². The van der Waals surface area contributed by atoms with Gasteiger partial charge in [0, 0.05) is 10.5 Å². The van der Waals surface area contributed by atoms with E-state index in [-0.39, 0.29) is 18.0 Å². The number of para-hydroxylation sites is 1. The second-order valence-corrected chi connectivity index (χ2v) is 5.18. The summed E-state index contributed by atoms with van der Waals surface area (Å²) in [6.45, 7) is -0.136. The molecule has 0 aliphatic rings. The third-order valence-corrected chi connectivity index (χ3v) is 3.67. The maximum atomic E-state index is 12.1. The molecule has 0 spiro atoms. The number of carbonyl (C=O) groups excluding carboxylic acids is 2. The van der Waals surface area contributed by atoms with Crippen LogP contribution in [0, 0.1) is 0 Å². The molecular weight excluding hydrogens is 286 g/mol. The fourth-order valence-electron chi connectivity index (χ4n) is 1.80. The number of hydrogen-bond donors (Lipinski definition) is 1. The lowest BCUT2D eigenvalue weighted by molar-refractivity contribution is 0.0912. The highest BCUT2D eigenvalue weighted by molar-refractivity contribution is 7.98. The number of ether oxygens (including phenoxy) is 1. The molecule has 0 atom stereocenters. The predicted octanol–water partition coefficient (Wildman–Crippen LogP) is 2.77. The lowest BCUT2D eigenvalue weighted by Gasteiger charge is -2.09. The zero-order valence-electron chi connectivity index (χ0n) is 11.5. The van der Waals surface area contributed by atoms with Crippen molar-refractivity contribution in [2.24, 2.45) is 5.73 Å². The lowest BCUT2D eigenvalue weighted by Crippen LogP contribution is -2.16. The minimum atomic E-state index is -0.581. The van der Waals surface area contributed by atoms with Gasteiger partial charge in [0.25, 0.3) is 5.91 Å². The molecule has 1 amide bonds. The van der Waals surface area contributed by atoms with Crippen LogP contribution in [0.1, 0.15) is 20.7 Å². The standard InChI is InChI=1S/C16H15NO3S/c1-21-12-8-6-11(7-9-12)14(18)10-20-15-5-3-2-4-13(15)16(17)19/h2-9H,10H2,1H3,(H2,17,19). The first-order valence-corrected chi connectivity index (χ1v) is 7.53. The minimum absolute atomic E-state index is 0.136. The summed E-state index contributed by atoms with van der Waals surface area (Å²) in [5, 5.41) is 0. The van der Waals surface area contributed by atoms with Gasteiger partial charge >= 0.3 is 0 Å². The Morgan fingerprint density at radius 2 is 1.76 bits per heavy atom. The van der Waals surface area contributed by atoms with Crippen LogP contribution in [0.15, 0.2) is 53.4 Å². The topological polar surface area (TPSA) is 69.4 Å². The molecule has 0 aliphatic heterocycles. The number of primary amides is 1. The molecule has 0 aliphatic carbocycles. The molecule has 0 saturated heterocycles. The van der Waals surface area contributed by atoms with Crippen LogP contribution in [0.25, 0.3) is 0 Å². The number of ketones is 1. The monoisotopic (exact) mass is 301 g/mol. The number of carbonyl (C=O) groups is 2. The molecule has 2 aromatic rings. The van der Waals surface area contributed by atoms with Gasteiger partial charge in [0.2, 0.25) is 0 Å². The zero-order chi connectivity index (χ0) is 15.2. The van der Waals surface area contributed by atoms with Crippen LogP contribution >= 0.6 is 11.8 Å². The predicted molar refractivity (Wildman–Crippen MR) is 83.0 cm³/mol. The van der Waals surface area contributed by atoms with Crippen LogP contribution in [0.2, 0.25) is 0 Å². The van der Waals surface area contributed by atoms with Crippen LogP contribution in [-0.2, 0) is 0 Å². The molecule has 2 N–H and O–H groups in total. The van der Waals surface area contributed by atoms with Gasteiger partial charge < -0.3 is 10.5 Å². The molecule has 0 aromatic heterocycles. The average molecular weight is 301 g/mol. The Morgan fingerprint density at radius 3 is 2.38 bits per heavy atom. The molecule has 5 heteroatoms. The second kappa shape index (κ2) is 6.95. The highest BCUT2D eigenvalue weighted by Gasteiger charge is 2.11. The van der Waals surface area contributed by atoms with Crippen LogP contribution in [0.3, 0.4) is 0 Å². The van der Waals surface area contributed by atoms with Gasteiger partial charge in [-0.3, -0.25) is 9.59 Å². The fraction of sp³-hybridized carbons (Fsp3) is 0.125. The van der Waals surface area contributed by atoms with Crippen molar-refractivity contribution in [3.63, 3.8) is 0 Å². The van der Waals surface area contributed by atoms with Gasteiger partial charge in [-0.2, -0.15) is 0 Å². The van der Waals surface area contributed by atoms with Crippen LogP contribution < -0.4 is 10.5 Å². The number of Topliss-reactive ketones (excluding diaryl/α,β-unsaturated/α-hetero) is 1. The SMILES string of the molecule is CSc1ccc(C(=O)COc2ccccc2C(N)=O)cc1. The van der Waals surface area contributed by atoms with E-state index in [4.69, 9.17) is 10.5 Å². The van der Waals surface area contributed by atoms with Gasteiger partial charge in [-0.1, -0.05) is 24.3 Å². The van der Waals surface area contributed by atoms with Gasteiger partial charge in [0.05, 0.1) is 5.56 Å². The summed E-state index contributed by atoms with van der Waals surface area (Å²) in [4.78, 5) is 24.4. The van der Waals surface area contributed by atoms with E-state index in [9.17, 15) is 9.59 Å². The first kappa shape index (κ1) is 15.1. The van der Waals surface area contributed by atoms with Crippen molar-refractivity contribution in [1.29, 1.82) is 0 Å². The van der Waals surface area contributed by atoms with E-state index in [0.29, 0.717) is 11.3 Å². The van der Waals surface area contributed by atoms with E-state index in [1.54, 1.807) is 48.2 Å². The second-order valence-electron chi connectivity index (χ2n) is 4.30. The number of hydrogen-bond acceptors (Lipinski definition) is 4. The maximum Gasteiger partial charge on any atom is 0.252 e. The number of benzene rings is 2. The van der Waals surface area contributed by atoms with E-state index < -0.39 is 5.91 Å². The molecule has 0 unspecified atom stereocenters. The van der Waals surface area contributed by atoms with Crippen LogP contribution in [0.4, 0.5) is 0 Å². The molecular formula is C16H15NO3S. The molecule has 2 aromatic carbocycles.